The lowest BCUT2D eigenvalue weighted by Crippen LogP contribution is -2.24. The average molecular weight is 453 g/mol. The van der Waals surface area contributed by atoms with E-state index >= 15 is 0 Å². The van der Waals surface area contributed by atoms with Crippen molar-refractivity contribution in [3.63, 3.8) is 0 Å². The highest BCUT2D eigenvalue weighted by Crippen LogP contribution is 2.26. The van der Waals surface area contributed by atoms with Crippen molar-refractivity contribution in [2.45, 2.75) is 6.92 Å². The first-order chi connectivity index (χ1) is 15.6. The van der Waals surface area contributed by atoms with Crippen molar-refractivity contribution >= 4 is 29.7 Å². The molecular formula is C24H21ClN2O5. The Morgan fingerprint density at radius 1 is 0.938 bits per heavy atom. The number of hydrogen-bond donors (Lipinski definition) is 1. The minimum absolute atomic E-state index is 0.210. The number of benzene rings is 3. The van der Waals surface area contributed by atoms with Gasteiger partial charge in [0.25, 0.3) is 5.91 Å². The fourth-order valence-electron chi connectivity index (χ4n) is 2.61. The molecule has 164 valence electrons. The van der Waals surface area contributed by atoms with Crippen LogP contribution in [0.2, 0.25) is 5.02 Å². The van der Waals surface area contributed by atoms with Crippen LogP contribution in [0.25, 0.3) is 0 Å². The Balaban J connectivity index is 1.48. The molecule has 0 radical (unpaired) electrons. The average Bonchev–Trinajstić information content (AvgIpc) is 2.80. The quantitative estimate of drug-likeness (QED) is 0.224. The summed E-state index contributed by atoms with van der Waals surface area (Å²) in [4.78, 5) is 24.1. The minimum Gasteiger partial charge on any atom is -0.490 e. The van der Waals surface area contributed by atoms with Gasteiger partial charge in [-0.25, -0.2) is 10.2 Å². The summed E-state index contributed by atoms with van der Waals surface area (Å²) in [5, 5.41) is 4.22. The van der Waals surface area contributed by atoms with E-state index in [1.165, 1.54) is 6.21 Å². The number of rotatable bonds is 9. The van der Waals surface area contributed by atoms with Crippen molar-refractivity contribution < 1.29 is 23.8 Å². The van der Waals surface area contributed by atoms with Gasteiger partial charge in [0.15, 0.2) is 18.1 Å². The maximum atomic E-state index is 12.2. The Bertz CT molecular complexity index is 1100. The molecule has 0 aliphatic rings. The maximum Gasteiger partial charge on any atom is 0.345 e. The van der Waals surface area contributed by atoms with E-state index in [0.29, 0.717) is 34.4 Å². The summed E-state index contributed by atoms with van der Waals surface area (Å²) in [6.07, 6.45) is 1.46. The van der Waals surface area contributed by atoms with Crippen LogP contribution in [0.1, 0.15) is 22.8 Å². The summed E-state index contributed by atoms with van der Waals surface area (Å²) < 4.78 is 16.2. The molecule has 1 N–H and O–H groups in total. The number of amides is 1. The zero-order chi connectivity index (χ0) is 22.8. The molecule has 0 aromatic heterocycles. The van der Waals surface area contributed by atoms with Gasteiger partial charge in [0.05, 0.1) is 23.4 Å². The summed E-state index contributed by atoms with van der Waals surface area (Å²) >= 11 is 6.00. The Labute approximate surface area is 190 Å². The van der Waals surface area contributed by atoms with E-state index in [0.717, 1.165) is 0 Å². The number of hydrazone groups is 1. The molecule has 32 heavy (non-hydrogen) atoms. The van der Waals surface area contributed by atoms with Crippen molar-refractivity contribution in [1.82, 2.24) is 5.43 Å². The van der Waals surface area contributed by atoms with Crippen LogP contribution in [0.4, 0.5) is 0 Å². The third-order valence-electron chi connectivity index (χ3n) is 4.10. The molecule has 0 spiro atoms. The topological polar surface area (TPSA) is 86.2 Å². The molecule has 0 saturated carbocycles. The van der Waals surface area contributed by atoms with Crippen molar-refractivity contribution in [3.8, 4) is 17.2 Å². The fourth-order valence-corrected chi connectivity index (χ4v) is 2.82. The number of halogens is 1. The van der Waals surface area contributed by atoms with Crippen molar-refractivity contribution in [2.75, 3.05) is 13.2 Å². The molecule has 3 aromatic rings. The van der Waals surface area contributed by atoms with Crippen LogP contribution in [0.5, 0.6) is 17.2 Å². The summed E-state index contributed by atoms with van der Waals surface area (Å²) in [6, 6.07) is 20.4. The van der Waals surface area contributed by atoms with E-state index in [9.17, 15) is 9.59 Å². The highest BCUT2D eigenvalue weighted by molar-refractivity contribution is 6.33. The van der Waals surface area contributed by atoms with Gasteiger partial charge in [0.2, 0.25) is 0 Å². The van der Waals surface area contributed by atoms with Crippen molar-refractivity contribution in [2.24, 2.45) is 5.10 Å². The first-order valence-electron chi connectivity index (χ1n) is 9.80. The highest BCUT2D eigenvalue weighted by atomic mass is 35.5. The lowest BCUT2D eigenvalue weighted by molar-refractivity contribution is -0.123. The summed E-state index contributed by atoms with van der Waals surface area (Å²) in [5.74, 6) is 0.447. The van der Waals surface area contributed by atoms with E-state index in [1.54, 1.807) is 66.7 Å². The van der Waals surface area contributed by atoms with Gasteiger partial charge in [-0.05, 0) is 61.0 Å². The first-order valence-corrected chi connectivity index (χ1v) is 10.2. The third kappa shape index (κ3) is 6.58. The molecule has 1 amide bonds. The van der Waals surface area contributed by atoms with Gasteiger partial charge in [-0.15, -0.1) is 0 Å². The predicted molar refractivity (Wildman–Crippen MR) is 122 cm³/mol. The van der Waals surface area contributed by atoms with Gasteiger partial charge >= 0.3 is 5.97 Å². The number of hydrogen-bond acceptors (Lipinski definition) is 6. The molecule has 0 bridgehead atoms. The molecule has 0 aliphatic heterocycles. The van der Waals surface area contributed by atoms with Crippen LogP contribution in [0, 0.1) is 0 Å². The number of para-hydroxylation sites is 2. The van der Waals surface area contributed by atoms with Crippen LogP contribution in [0.15, 0.2) is 77.9 Å². The lowest BCUT2D eigenvalue weighted by atomic mass is 10.2. The smallest absolute Gasteiger partial charge is 0.345 e. The standard InChI is InChI=1S/C24H21ClN2O5/c1-2-30-21-9-5-6-10-22(21)31-16-23(28)27-26-15-17-11-13-18(14-12-17)32-24(29)19-7-3-4-8-20(19)25/h3-15H,2,16H2,1H3,(H,27,28)/b26-15+. The van der Waals surface area contributed by atoms with Gasteiger partial charge in [0.1, 0.15) is 5.75 Å². The number of nitrogens with zero attached hydrogens (tertiary/aromatic N) is 1. The van der Waals surface area contributed by atoms with Crippen molar-refractivity contribution in [1.29, 1.82) is 0 Å². The lowest BCUT2D eigenvalue weighted by Gasteiger charge is -2.10. The summed E-state index contributed by atoms with van der Waals surface area (Å²) in [6.45, 7) is 2.15. The van der Waals surface area contributed by atoms with Crippen LogP contribution in [0.3, 0.4) is 0 Å². The molecule has 7 nitrogen and oxygen atoms in total. The molecule has 0 heterocycles. The molecule has 0 atom stereocenters. The Kier molecular flexibility index (Phi) is 8.22. The van der Waals surface area contributed by atoms with Gasteiger partial charge in [-0.2, -0.15) is 5.10 Å². The van der Waals surface area contributed by atoms with Crippen molar-refractivity contribution in [3.05, 3.63) is 88.9 Å². The maximum absolute atomic E-state index is 12.2. The van der Waals surface area contributed by atoms with Gasteiger partial charge in [-0.1, -0.05) is 35.9 Å². The summed E-state index contributed by atoms with van der Waals surface area (Å²) in [7, 11) is 0. The fraction of sp³-hybridized carbons (Fsp3) is 0.125. The second-order valence-corrected chi connectivity index (χ2v) is 6.81. The molecule has 0 saturated heterocycles. The molecule has 3 rings (SSSR count). The van der Waals surface area contributed by atoms with Crippen LogP contribution >= 0.6 is 11.6 Å². The number of esters is 1. The number of carbonyl (C=O) groups is 2. The first kappa shape index (κ1) is 22.8. The normalized spacial score (nSPS) is 10.6. The SMILES string of the molecule is CCOc1ccccc1OCC(=O)N/N=C/c1ccc(OC(=O)c2ccccc2Cl)cc1. The predicted octanol–water partition coefficient (Wildman–Crippen LogP) is 4.49. The Morgan fingerprint density at radius 2 is 1.59 bits per heavy atom. The second kappa shape index (κ2) is 11.5. The van der Waals surface area contributed by atoms with Crippen LogP contribution in [-0.4, -0.2) is 31.3 Å². The monoisotopic (exact) mass is 452 g/mol. The zero-order valence-electron chi connectivity index (χ0n) is 17.3. The van der Waals surface area contributed by atoms with E-state index < -0.39 is 11.9 Å². The third-order valence-corrected chi connectivity index (χ3v) is 4.42. The van der Waals surface area contributed by atoms with E-state index in [-0.39, 0.29) is 12.2 Å². The molecule has 0 unspecified atom stereocenters. The largest absolute Gasteiger partial charge is 0.490 e. The Hall–Kier alpha value is -3.84. The molecule has 0 aliphatic carbocycles. The van der Waals surface area contributed by atoms with Gasteiger partial charge in [-0.3, -0.25) is 4.79 Å². The van der Waals surface area contributed by atoms with Crippen LogP contribution in [-0.2, 0) is 4.79 Å². The Morgan fingerprint density at radius 3 is 2.28 bits per heavy atom. The molecule has 8 heteroatoms. The van der Waals surface area contributed by atoms with Crippen LogP contribution < -0.4 is 19.6 Å². The molecule has 3 aromatic carbocycles. The zero-order valence-corrected chi connectivity index (χ0v) is 18.0. The highest BCUT2D eigenvalue weighted by Gasteiger charge is 2.12. The second-order valence-electron chi connectivity index (χ2n) is 6.40. The van der Waals surface area contributed by atoms with Gasteiger partial charge in [0, 0.05) is 0 Å². The number of nitrogens with one attached hydrogen (secondary N) is 1. The van der Waals surface area contributed by atoms with E-state index in [4.69, 9.17) is 25.8 Å². The summed E-state index contributed by atoms with van der Waals surface area (Å²) in [5.41, 5.74) is 3.38. The van der Waals surface area contributed by atoms with E-state index in [1.807, 2.05) is 13.0 Å². The van der Waals surface area contributed by atoms with E-state index in [2.05, 4.69) is 10.5 Å². The van der Waals surface area contributed by atoms with Gasteiger partial charge < -0.3 is 14.2 Å². The molecule has 0 fully saturated rings. The number of ether oxygens (including phenoxy) is 3. The minimum atomic E-state index is -0.546. The molecular weight excluding hydrogens is 432 g/mol. The number of carbonyl (C=O) groups excluding carboxylic acids is 2.